The average molecular weight is 323 g/mol. The molecule has 0 radical (unpaired) electrons. The fraction of sp³-hybridized carbons (Fsp3) is 0.462. The number of rotatable bonds is 5. The molecule has 0 spiro atoms. The first kappa shape index (κ1) is 14.8. The van der Waals surface area contributed by atoms with Crippen molar-refractivity contribution in [2.24, 2.45) is 5.41 Å². The van der Waals surface area contributed by atoms with Gasteiger partial charge in [-0.1, -0.05) is 17.7 Å². The van der Waals surface area contributed by atoms with Crippen LogP contribution in [0, 0.1) is 5.41 Å². The van der Waals surface area contributed by atoms with Gasteiger partial charge in [-0.25, -0.2) is 0 Å². The maximum atomic E-state index is 11.9. The molecule has 6 heteroatoms. The molecule has 0 aliphatic heterocycles. The third-order valence-corrected chi connectivity index (χ3v) is 4.55. The van der Waals surface area contributed by atoms with Crippen LogP contribution in [0.4, 0.5) is 0 Å². The zero-order valence-corrected chi connectivity index (χ0v) is 12.6. The van der Waals surface area contributed by atoms with Gasteiger partial charge in [0, 0.05) is 5.02 Å². The standard InChI is InChI=1S/C13H14Cl3NO2/c1-12(8-13(12,15)16)11(18)17-5-6-19-10-4-2-3-9(14)7-10/h2-4,7H,5-6,8H2,1H3,(H,17,18)/t12-/m1/s1. The van der Waals surface area contributed by atoms with E-state index in [9.17, 15) is 4.79 Å². The van der Waals surface area contributed by atoms with Gasteiger partial charge in [-0.2, -0.15) is 0 Å². The van der Waals surface area contributed by atoms with E-state index in [-0.39, 0.29) is 5.91 Å². The van der Waals surface area contributed by atoms with Crippen molar-refractivity contribution >= 4 is 40.7 Å². The predicted octanol–water partition coefficient (Wildman–Crippen LogP) is 3.42. The van der Waals surface area contributed by atoms with E-state index in [0.717, 1.165) is 0 Å². The molecule has 1 aromatic rings. The summed E-state index contributed by atoms with van der Waals surface area (Å²) in [5.41, 5.74) is -0.688. The van der Waals surface area contributed by atoms with Crippen molar-refractivity contribution in [2.45, 2.75) is 17.7 Å². The van der Waals surface area contributed by atoms with Crippen molar-refractivity contribution in [2.75, 3.05) is 13.2 Å². The van der Waals surface area contributed by atoms with Gasteiger partial charge in [0.2, 0.25) is 5.91 Å². The monoisotopic (exact) mass is 321 g/mol. The van der Waals surface area contributed by atoms with Crippen LogP contribution in [0.2, 0.25) is 5.02 Å². The number of benzene rings is 1. The van der Waals surface area contributed by atoms with Gasteiger partial charge in [-0.15, -0.1) is 23.2 Å². The molecule has 0 saturated heterocycles. The number of hydrogen-bond donors (Lipinski definition) is 1. The number of amides is 1. The van der Waals surface area contributed by atoms with Crippen LogP contribution in [0.5, 0.6) is 5.75 Å². The molecule has 0 heterocycles. The molecule has 0 aromatic heterocycles. The van der Waals surface area contributed by atoms with Crippen LogP contribution in [0.3, 0.4) is 0 Å². The van der Waals surface area contributed by atoms with Gasteiger partial charge in [-0.05, 0) is 31.5 Å². The summed E-state index contributed by atoms with van der Waals surface area (Å²) in [5, 5.41) is 3.37. The summed E-state index contributed by atoms with van der Waals surface area (Å²) in [4.78, 5) is 11.9. The Labute approximate surface area is 127 Å². The van der Waals surface area contributed by atoms with E-state index in [1.54, 1.807) is 31.2 Å². The molecule has 19 heavy (non-hydrogen) atoms. The number of alkyl halides is 2. The van der Waals surface area contributed by atoms with E-state index in [1.165, 1.54) is 0 Å². The van der Waals surface area contributed by atoms with Crippen LogP contribution in [0.1, 0.15) is 13.3 Å². The number of carbonyl (C=O) groups is 1. The van der Waals surface area contributed by atoms with Gasteiger partial charge in [0.15, 0.2) is 0 Å². The minimum atomic E-state index is -0.940. The van der Waals surface area contributed by atoms with Crippen LogP contribution < -0.4 is 10.1 Å². The van der Waals surface area contributed by atoms with Gasteiger partial charge in [0.25, 0.3) is 0 Å². The third kappa shape index (κ3) is 3.28. The van der Waals surface area contributed by atoms with Gasteiger partial charge in [0.05, 0.1) is 12.0 Å². The first-order valence-electron chi connectivity index (χ1n) is 5.90. The molecule has 104 valence electrons. The van der Waals surface area contributed by atoms with Crippen molar-refractivity contribution < 1.29 is 9.53 Å². The summed E-state index contributed by atoms with van der Waals surface area (Å²) in [7, 11) is 0. The van der Waals surface area contributed by atoms with E-state index in [1.807, 2.05) is 0 Å². The van der Waals surface area contributed by atoms with Crippen LogP contribution in [-0.2, 0) is 4.79 Å². The van der Waals surface area contributed by atoms with Crippen molar-refractivity contribution in [1.82, 2.24) is 5.32 Å². The Balaban J connectivity index is 1.72. The summed E-state index contributed by atoms with van der Waals surface area (Å²) in [5.74, 6) is 0.524. The molecule has 1 amide bonds. The van der Waals surface area contributed by atoms with Crippen LogP contribution in [-0.4, -0.2) is 23.4 Å². The lowest BCUT2D eigenvalue weighted by Crippen LogP contribution is -2.35. The first-order chi connectivity index (χ1) is 8.85. The molecule has 1 aliphatic carbocycles. The second-order valence-electron chi connectivity index (χ2n) is 4.78. The van der Waals surface area contributed by atoms with Gasteiger partial charge in [-0.3, -0.25) is 4.79 Å². The molecular formula is C13H14Cl3NO2. The summed E-state index contributed by atoms with van der Waals surface area (Å²) in [6.07, 6.45) is 0.476. The SMILES string of the molecule is C[C@]1(C(=O)NCCOc2cccc(Cl)c2)CC1(Cl)Cl. The van der Waals surface area contributed by atoms with E-state index in [4.69, 9.17) is 39.5 Å². The molecule has 0 unspecified atom stereocenters. The highest BCUT2D eigenvalue weighted by Gasteiger charge is 2.67. The van der Waals surface area contributed by atoms with Crippen molar-refractivity contribution in [3.63, 3.8) is 0 Å². The fourth-order valence-corrected chi connectivity index (χ4v) is 2.62. The summed E-state index contributed by atoms with van der Waals surface area (Å²) >= 11 is 17.7. The molecule has 3 nitrogen and oxygen atoms in total. The lowest BCUT2D eigenvalue weighted by Gasteiger charge is -2.13. The lowest BCUT2D eigenvalue weighted by atomic mass is 10.1. The molecule has 1 fully saturated rings. The molecule has 1 aliphatic rings. The summed E-state index contributed by atoms with van der Waals surface area (Å²) in [6.45, 7) is 2.50. The van der Waals surface area contributed by atoms with E-state index >= 15 is 0 Å². The predicted molar refractivity (Wildman–Crippen MR) is 77.1 cm³/mol. The second kappa shape index (κ2) is 5.39. The first-order valence-corrected chi connectivity index (χ1v) is 7.03. The Hall–Kier alpha value is -0.640. The van der Waals surface area contributed by atoms with Crippen LogP contribution >= 0.6 is 34.8 Å². The summed E-state index contributed by atoms with van der Waals surface area (Å²) < 4.78 is 4.52. The van der Waals surface area contributed by atoms with Crippen LogP contribution in [0.15, 0.2) is 24.3 Å². The molecule has 0 bridgehead atoms. The Kier molecular flexibility index (Phi) is 4.19. The number of nitrogens with one attached hydrogen (secondary N) is 1. The zero-order valence-electron chi connectivity index (χ0n) is 10.4. The maximum Gasteiger partial charge on any atom is 0.229 e. The Bertz CT molecular complexity index is 493. The highest BCUT2D eigenvalue weighted by atomic mass is 35.5. The van der Waals surface area contributed by atoms with E-state index < -0.39 is 9.75 Å². The largest absolute Gasteiger partial charge is 0.492 e. The van der Waals surface area contributed by atoms with Gasteiger partial charge >= 0.3 is 0 Å². The van der Waals surface area contributed by atoms with Gasteiger partial charge in [0.1, 0.15) is 16.7 Å². The normalized spacial score (nSPS) is 23.8. The zero-order chi connectivity index (χ0) is 14.1. The van der Waals surface area contributed by atoms with Crippen molar-refractivity contribution in [3.05, 3.63) is 29.3 Å². The fourth-order valence-electron chi connectivity index (χ4n) is 1.73. The minimum absolute atomic E-state index is 0.146. The topological polar surface area (TPSA) is 38.3 Å². The van der Waals surface area contributed by atoms with Crippen LogP contribution in [0.25, 0.3) is 0 Å². The van der Waals surface area contributed by atoms with Crippen molar-refractivity contribution in [1.29, 1.82) is 0 Å². The third-order valence-electron chi connectivity index (χ3n) is 3.21. The average Bonchev–Trinajstić information content (AvgIpc) is 2.85. The number of hydrogen-bond acceptors (Lipinski definition) is 2. The van der Waals surface area contributed by atoms with Crippen molar-refractivity contribution in [3.8, 4) is 5.75 Å². The highest BCUT2D eigenvalue weighted by Crippen LogP contribution is 2.63. The Morgan fingerprint density at radius 1 is 1.47 bits per heavy atom. The quantitative estimate of drug-likeness (QED) is 0.666. The number of ether oxygens (including phenoxy) is 1. The smallest absolute Gasteiger partial charge is 0.229 e. The molecule has 1 saturated carbocycles. The lowest BCUT2D eigenvalue weighted by molar-refractivity contribution is -0.125. The molecule has 1 aromatic carbocycles. The molecule has 1 atom stereocenters. The number of carbonyl (C=O) groups excluding carboxylic acids is 1. The second-order valence-corrected chi connectivity index (χ2v) is 6.70. The maximum absolute atomic E-state index is 11.9. The van der Waals surface area contributed by atoms with E-state index in [0.29, 0.717) is 30.3 Å². The molecule has 1 N–H and O–H groups in total. The summed E-state index contributed by atoms with van der Waals surface area (Å²) in [6, 6.07) is 7.09. The van der Waals surface area contributed by atoms with Gasteiger partial charge < -0.3 is 10.1 Å². The highest BCUT2D eigenvalue weighted by molar-refractivity contribution is 6.53. The Morgan fingerprint density at radius 3 is 2.74 bits per heavy atom. The molecule has 2 rings (SSSR count). The Morgan fingerprint density at radius 2 is 2.16 bits per heavy atom. The number of halogens is 3. The minimum Gasteiger partial charge on any atom is -0.492 e. The van der Waals surface area contributed by atoms with E-state index in [2.05, 4.69) is 5.32 Å². The molecular weight excluding hydrogens is 309 g/mol.